The summed E-state index contributed by atoms with van der Waals surface area (Å²) in [7, 11) is 1.20. The minimum atomic E-state index is -4.49. The number of benzene rings is 2. The molecule has 0 aliphatic rings. The highest BCUT2D eigenvalue weighted by atomic mass is 35.5. The number of hydrogen-bond donors (Lipinski definition) is 1. The molecule has 3 aromatic rings. The molecule has 10 heteroatoms. The van der Waals surface area contributed by atoms with Gasteiger partial charge in [0.15, 0.2) is 0 Å². The summed E-state index contributed by atoms with van der Waals surface area (Å²) in [6, 6.07) is 11.4. The number of ketones is 1. The lowest BCUT2D eigenvalue weighted by Crippen LogP contribution is -2.13. The number of esters is 1. The Hall–Kier alpha value is -3.04. The fourth-order valence-electron chi connectivity index (χ4n) is 2.88. The maximum Gasteiger partial charge on any atom is 0.416 e. The number of ether oxygens (including phenoxy) is 1. The molecule has 1 heterocycles. The Bertz CT molecular complexity index is 1190. The second kappa shape index (κ2) is 9.62. The number of hydrogen-bond acceptors (Lipinski definition) is 6. The third-order valence-corrected chi connectivity index (χ3v) is 5.46. The van der Waals surface area contributed by atoms with Gasteiger partial charge in [0.1, 0.15) is 5.69 Å². The highest BCUT2D eigenvalue weighted by Crippen LogP contribution is 2.35. The lowest BCUT2D eigenvalue weighted by molar-refractivity contribution is -0.138. The molecule has 5 nitrogen and oxygen atoms in total. The minimum Gasteiger partial charge on any atom is -0.465 e. The Morgan fingerprint density at radius 2 is 1.78 bits per heavy atom. The van der Waals surface area contributed by atoms with E-state index < -0.39 is 23.5 Å². The summed E-state index contributed by atoms with van der Waals surface area (Å²) in [4.78, 5) is 29.5. The van der Waals surface area contributed by atoms with Crippen LogP contribution >= 0.6 is 23.5 Å². The van der Waals surface area contributed by atoms with E-state index in [0.717, 1.165) is 18.0 Å². The van der Waals surface area contributed by atoms with E-state index in [9.17, 15) is 22.8 Å². The number of pyridine rings is 1. The first-order chi connectivity index (χ1) is 15.1. The van der Waals surface area contributed by atoms with Gasteiger partial charge in [-0.05, 0) is 48.7 Å². The van der Waals surface area contributed by atoms with Gasteiger partial charge in [-0.1, -0.05) is 35.9 Å². The molecule has 166 valence electrons. The van der Waals surface area contributed by atoms with Gasteiger partial charge in [-0.3, -0.25) is 4.79 Å². The van der Waals surface area contributed by atoms with E-state index in [1.165, 1.54) is 50.6 Å². The average molecular weight is 481 g/mol. The van der Waals surface area contributed by atoms with Crippen molar-refractivity contribution in [3.8, 4) is 0 Å². The SMILES string of the molecule is COC(=O)c1ccccc1C(=O)c1ncc(Cl)cc1NSc1ccc(C)c(C(F)(F)F)c1. The van der Waals surface area contributed by atoms with Crippen LogP contribution < -0.4 is 4.72 Å². The molecule has 0 saturated heterocycles. The first kappa shape index (κ1) is 23.6. The van der Waals surface area contributed by atoms with Crippen LogP contribution in [0, 0.1) is 6.92 Å². The van der Waals surface area contributed by atoms with Crippen molar-refractivity contribution < 1.29 is 27.5 Å². The largest absolute Gasteiger partial charge is 0.465 e. The number of nitrogens with zero attached hydrogens (tertiary/aromatic N) is 1. The van der Waals surface area contributed by atoms with Crippen LogP contribution in [0.15, 0.2) is 59.6 Å². The van der Waals surface area contributed by atoms with E-state index in [-0.39, 0.29) is 38.0 Å². The van der Waals surface area contributed by atoms with Crippen LogP contribution in [0.4, 0.5) is 18.9 Å². The molecule has 0 fully saturated rings. The van der Waals surface area contributed by atoms with E-state index in [1.54, 1.807) is 12.1 Å². The number of carbonyl (C=O) groups excluding carboxylic acids is 2. The summed E-state index contributed by atoms with van der Waals surface area (Å²) in [5.74, 6) is -1.27. The molecule has 0 atom stereocenters. The van der Waals surface area contributed by atoms with Crippen molar-refractivity contribution in [2.45, 2.75) is 18.0 Å². The van der Waals surface area contributed by atoms with Crippen molar-refractivity contribution in [3.63, 3.8) is 0 Å². The molecular weight excluding hydrogens is 465 g/mol. The molecule has 0 amide bonds. The molecule has 1 aromatic heterocycles. The van der Waals surface area contributed by atoms with Gasteiger partial charge in [-0.15, -0.1) is 0 Å². The molecule has 0 unspecified atom stereocenters. The zero-order chi connectivity index (χ0) is 23.5. The van der Waals surface area contributed by atoms with Crippen LogP contribution in [0.3, 0.4) is 0 Å². The third-order valence-electron chi connectivity index (χ3n) is 4.44. The number of aryl methyl sites for hydroxylation is 1. The van der Waals surface area contributed by atoms with Gasteiger partial charge in [0, 0.05) is 16.7 Å². The molecule has 2 aromatic carbocycles. The van der Waals surface area contributed by atoms with Crippen molar-refractivity contribution >= 4 is 41.0 Å². The number of methoxy groups -OCH3 is 1. The molecule has 0 spiro atoms. The maximum absolute atomic E-state index is 13.2. The van der Waals surface area contributed by atoms with Crippen LogP contribution in [0.1, 0.15) is 37.5 Å². The van der Waals surface area contributed by atoms with Crippen LogP contribution in [0.25, 0.3) is 0 Å². The molecule has 0 aliphatic carbocycles. The molecule has 32 heavy (non-hydrogen) atoms. The van der Waals surface area contributed by atoms with Crippen LogP contribution in [-0.2, 0) is 10.9 Å². The quantitative estimate of drug-likeness (QED) is 0.257. The fourth-order valence-corrected chi connectivity index (χ4v) is 3.73. The minimum absolute atomic E-state index is 0.0543. The van der Waals surface area contributed by atoms with Crippen LogP contribution in [0.2, 0.25) is 5.02 Å². The van der Waals surface area contributed by atoms with E-state index in [4.69, 9.17) is 16.3 Å². The topological polar surface area (TPSA) is 68.3 Å². The summed E-state index contributed by atoms with van der Waals surface area (Å²) in [6.07, 6.45) is -3.23. The second-order valence-corrected chi connectivity index (χ2v) is 7.91. The second-order valence-electron chi connectivity index (χ2n) is 6.59. The van der Waals surface area contributed by atoms with Crippen molar-refractivity contribution in [1.29, 1.82) is 0 Å². The summed E-state index contributed by atoms with van der Waals surface area (Å²) >= 11 is 6.88. The first-order valence-electron chi connectivity index (χ1n) is 9.10. The van der Waals surface area contributed by atoms with Gasteiger partial charge in [-0.25, -0.2) is 9.78 Å². The Morgan fingerprint density at radius 3 is 2.44 bits per heavy atom. The molecule has 0 saturated carbocycles. The lowest BCUT2D eigenvalue weighted by atomic mass is 10.0. The average Bonchev–Trinajstić information content (AvgIpc) is 2.76. The first-order valence-corrected chi connectivity index (χ1v) is 10.3. The lowest BCUT2D eigenvalue weighted by Gasteiger charge is -2.14. The number of alkyl halides is 3. The van der Waals surface area contributed by atoms with Gasteiger partial charge in [0.2, 0.25) is 5.78 Å². The van der Waals surface area contributed by atoms with Gasteiger partial charge in [-0.2, -0.15) is 13.2 Å². The molecule has 0 aliphatic heterocycles. The molecule has 1 N–H and O–H groups in total. The Balaban J connectivity index is 1.94. The number of anilines is 1. The van der Waals surface area contributed by atoms with Gasteiger partial charge in [0.25, 0.3) is 0 Å². The number of rotatable bonds is 6. The third kappa shape index (κ3) is 5.23. The van der Waals surface area contributed by atoms with Crippen molar-refractivity contribution in [2.75, 3.05) is 11.8 Å². The predicted octanol–water partition coefficient (Wildman–Crippen LogP) is 6.20. The van der Waals surface area contributed by atoms with Crippen molar-refractivity contribution in [1.82, 2.24) is 4.98 Å². The molecule has 3 rings (SSSR count). The fraction of sp³-hybridized carbons (Fsp3) is 0.136. The number of aromatic nitrogens is 1. The number of halogens is 4. The van der Waals surface area contributed by atoms with E-state index >= 15 is 0 Å². The van der Waals surface area contributed by atoms with E-state index in [1.807, 2.05) is 0 Å². The number of carbonyl (C=O) groups is 2. The summed E-state index contributed by atoms with van der Waals surface area (Å²) < 4.78 is 47.2. The summed E-state index contributed by atoms with van der Waals surface area (Å²) in [6.45, 7) is 1.38. The monoisotopic (exact) mass is 480 g/mol. The maximum atomic E-state index is 13.2. The Morgan fingerprint density at radius 1 is 1.09 bits per heavy atom. The zero-order valence-corrected chi connectivity index (χ0v) is 18.4. The Kier molecular flexibility index (Phi) is 7.10. The Labute approximate surface area is 191 Å². The highest BCUT2D eigenvalue weighted by Gasteiger charge is 2.32. The van der Waals surface area contributed by atoms with Gasteiger partial charge >= 0.3 is 12.1 Å². The van der Waals surface area contributed by atoms with E-state index in [2.05, 4.69) is 9.71 Å². The molecular formula is C22H16ClF3N2O3S. The zero-order valence-electron chi connectivity index (χ0n) is 16.8. The normalized spacial score (nSPS) is 11.2. The van der Waals surface area contributed by atoms with Crippen LogP contribution in [-0.4, -0.2) is 23.8 Å². The van der Waals surface area contributed by atoms with Crippen LogP contribution in [0.5, 0.6) is 0 Å². The highest BCUT2D eigenvalue weighted by molar-refractivity contribution is 8.00. The standard InChI is InChI=1S/C22H16ClF3N2O3S/c1-12-7-8-14(10-17(12)22(24,25)26)32-28-18-9-13(23)11-27-19(18)20(29)15-5-3-4-6-16(15)21(30)31-2/h3-11,28H,1-2H3. The van der Waals surface area contributed by atoms with Gasteiger partial charge in [0.05, 0.1) is 28.9 Å². The van der Waals surface area contributed by atoms with Gasteiger partial charge < -0.3 is 9.46 Å². The predicted molar refractivity (Wildman–Crippen MR) is 116 cm³/mol. The smallest absolute Gasteiger partial charge is 0.416 e. The molecule has 0 radical (unpaired) electrons. The van der Waals surface area contributed by atoms with Crippen molar-refractivity contribution in [3.05, 3.63) is 87.7 Å². The summed E-state index contributed by atoms with van der Waals surface area (Å²) in [5, 5.41) is 0.214. The number of nitrogens with one attached hydrogen (secondary N) is 1. The molecule has 0 bridgehead atoms. The summed E-state index contributed by atoms with van der Waals surface area (Å²) in [5.41, 5.74) is -0.401. The van der Waals surface area contributed by atoms with E-state index in [0.29, 0.717) is 0 Å². The van der Waals surface area contributed by atoms with Crippen molar-refractivity contribution in [2.24, 2.45) is 0 Å².